The molecule has 0 spiro atoms. The van der Waals surface area contributed by atoms with Crippen LogP contribution in [0.15, 0.2) is 30.4 Å². The minimum atomic E-state index is -0.563. The number of nitrogens with one attached hydrogen (secondary N) is 1. The molecule has 0 atom stereocenters. The van der Waals surface area contributed by atoms with Gasteiger partial charge < -0.3 is 5.32 Å². The summed E-state index contributed by atoms with van der Waals surface area (Å²) in [7, 11) is 0. The molecule has 14 heavy (non-hydrogen) atoms. The van der Waals surface area contributed by atoms with Crippen LogP contribution in [0, 0.1) is 11.6 Å². The van der Waals surface area contributed by atoms with Crippen molar-refractivity contribution in [1.29, 1.82) is 0 Å². The lowest BCUT2D eigenvalue weighted by Crippen LogP contribution is -2.03. The molecule has 0 radical (unpaired) electrons. The van der Waals surface area contributed by atoms with E-state index in [9.17, 15) is 8.78 Å². The van der Waals surface area contributed by atoms with E-state index in [0.29, 0.717) is 12.2 Å². The molecule has 0 aliphatic heterocycles. The van der Waals surface area contributed by atoms with E-state index in [1.54, 1.807) is 0 Å². The Bertz CT molecular complexity index is 334. The standard InChI is InChI=1S/C11H13F2N/c1-8(2)5-6-14-11-4-3-9(12)7-10(11)13/h3-4,7,14H,1,5-6H2,2H3. The Balaban J connectivity index is 2.55. The largest absolute Gasteiger partial charge is 0.382 e. The second kappa shape index (κ2) is 4.74. The molecule has 1 aromatic carbocycles. The highest BCUT2D eigenvalue weighted by Crippen LogP contribution is 2.14. The van der Waals surface area contributed by atoms with Gasteiger partial charge in [0.25, 0.3) is 0 Å². The molecule has 0 heterocycles. The Morgan fingerprint density at radius 3 is 2.71 bits per heavy atom. The number of hydrogen-bond donors (Lipinski definition) is 1. The van der Waals surface area contributed by atoms with Crippen molar-refractivity contribution in [1.82, 2.24) is 0 Å². The molecular formula is C11H13F2N. The summed E-state index contributed by atoms with van der Waals surface area (Å²) in [5.41, 5.74) is 1.35. The van der Waals surface area contributed by atoms with Crippen LogP contribution in [0.5, 0.6) is 0 Å². The molecule has 1 nitrogen and oxygen atoms in total. The smallest absolute Gasteiger partial charge is 0.149 e. The SMILES string of the molecule is C=C(C)CCNc1ccc(F)cc1F. The predicted molar refractivity (Wildman–Crippen MR) is 54.3 cm³/mol. The van der Waals surface area contributed by atoms with Crippen LogP contribution in [0.4, 0.5) is 14.5 Å². The van der Waals surface area contributed by atoms with Gasteiger partial charge in [0.2, 0.25) is 0 Å². The lowest BCUT2D eigenvalue weighted by Gasteiger charge is -2.06. The average molecular weight is 197 g/mol. The molecule has 0 saturated heterocycles. The number of hydrogen-bond acceptors (Lipinski definition) is 1. The quantitative estimate of drug-likeness (QED) is 0.730. The van der Waals surface area contributed by atoms with Crippen LogP contribution in [-0.4, -0.2) is 6.54 Å². The van der Waals surface area contributed by atoms with E-state index in [1.807, 2.05) is 6.92 Å². The Morgan fingerprint density at radius 2 is 2.14 bits per heavy atom. The minimum Gasteiger partial charge on any atom is -0.382 e. The summed E-state index contributed by atoms with van der Waals surface area (Å²) in [5.74, 6) is -1.13. The van der Waals surface area contributed by atoms with Crippen LogP contribution < -0.4 is 5.32 Å². The van der Waals surface area contributed by atoms with Gasteiger partial charge in [0.05, 0.1) is 5.69 Å². The van der Waals surface area contributed by atoms with Crippen molar-refractivity contribution in [2.45, 2.75) is 13.3 Å². The van der Waals surface area contributed by atoms with Gasteiger partial charge >= 0.3 is 0 Å². The van der Waals surface area contributed by atoms with Crippen molar-refractivity contribution in [2.75, 3.05) is 11.9 Å². The second-order valence-corrected chi connectivity index (χ2v) is 3.26. The summed E-state index contributed by atoms with van der Waals surface area (Å²) >= 11 is 0. The molecule has 0 aliphatic rings. The van der Waals surface area contributed by atoms with Crippen LogP contribution in [0.1, 0.15) is 13.3 Å². The maximum Gasteiger partial charge on any atom is 0.149 e. The van der Waals surface area contributed by atoms with E-state index < -0.39 is 11.6 Å². The molecule has 0 unspecified atom stereocenters. The number of benzene rings is 1. The van der Waals surface area contributed by atoms with Crippen molar-refractivity contribution in [3.8, 4) is 0 Å². The highest BCUT2D eigenvalue weighted by molar-refractivity contribution is 5.44. The fourth-order valence-corrected chi connectivity index (χ4v) is 1.04. The van der Waals surface area contributed by atoms with Crippen molar-refractivity contribution in [2.24, 2.45) is 0 Å². The van der Waals surface area contributed by atoms with Crippen molar-refractivity contribution in [3.63, 3.8) is 0 Å². The molecule has 0 fully saturated rings. The lowest BCUT2D eigenvalue weighted by molar-refractivity contribution is 0.585. The summed E-state index contributed by atoms with van der Waals surface area (Å²) in [5, 5.41) is 2.87. The molecule has 1 aromatic rings. The van der Waals surface area contributed by atoms with Crippen LogP contribution in [0.3, 0.4) is 0 Å². The first kappa shape index (κ1) is 10.7. The first-order chi connectivity index (χ1) is 6.59. The molecule has 0 amide bonds. The Labute approximate surface area is 82.4 Å². The first-order valence-corrected chi connectivity index (χ1v) is 4.43. The van der Waals surface area contributed by atoms with E-state index in [4.69, 9.17) is 0 Å². The zero-order valence-electron chi connectivity index (χ0n) is 8.11. The Morgan fingerprint density at radius 1 is 1.43 bits per heavy atom. The van der Waals surface area contributed by atoms with E-state index in [0.717, 1.165) is 18.1 Å². The molecular weight excluding hydrogens is 184 g/mol. The molecule has 3 heteroatoms. The maximum atomic E-state index is 13.0. The van der Waals surface area contributed by atoms with Crippen LogP contribution in [-0.2, 0) is 0 Å². The topological polar surface area (TPSA) is 12.0 Å². The highest BCUT2D eigenvalue weighted by atomic mass is 19.1. The van der Waals surface area contributed by atoms with Gasteiger partial charge in [-0.05, 0) is 25.5 Å². The van der Waals surface area contributed by atoms with E-state index >= 15 is 0 Å². The van der Waals surface area contributed by atoms with Gasteiger partial charge in [-0.25, -0.2) is 8.78 Å². The molecule has 0 aromatic heterocycles. The van der Waals surface area contributed by atoms with Gasteiger partial charge in [-0.3, -0.25) is 0 Å². The summed E-state index contributed by atoms with van der Waals surface area (Å²) < 4.78 is 25.6. The zero-order valence-corrected chi connectivity index (χ0v) is 8.11. The van der Waals surface area contributed by atoms with E-state index in [2.05, 4.69) is 11.9 Å². The van der Waals surface area contributed by atoms with E-state index in [-0.39, 0.29) is 0 Å². The van der Waals surface area contributed by atoms with Gasteiger partial charge in [0.1, 0.15) is 11.6 Å². The summed E-state index contributed by atoms with van der Waals surface area (Å²) in [4.78, 5) is 0. The third-order valence-electron chi connectivity index (χ3n) is 1.80. The van der Waals surface area contributed by atoms with Crippen molar-refractivity contribution < 1.29 is 8.78 Å². The normalized spacial score (nSPS) is 9.93. The van der Waals surface area contributed by atoms with Gasteiger partial charge in [-0.1, -0.05) is 5.57 Å². The fraction of sp³-hybridized carbons (Fsp3) is 0.273. The minimum absolute atomic E-state index is 0.327. The maximum absolute atomic E-state index is 13.0. The second-order valence-electron chi connectivity index (χ2n) is 3.26. The number of halogens is 2. The molecule has 76 valence electrons. The third kappa shape index (κ3) is 3.17. The highest BCUT2D eigenvalue weighted by Gasteiger charge is 2.01. The Hall–Kier alpha value is -1.38. The Kier molecular flexibility index (Phi) is 3.63. The van der Waals surface area contributed by atoms with Crippen LogP contribution >= 0.6 is 0 Å². The predicted octanol–water partition coefficient (Wildman–Crippen LogP) is 3.34. The average Bonchev–Trinajstić information content (AvgIpc) is 2.08. The monoisotopic (exact) mass is 197 g/mol. The molecule has 1 N–H and O–H groups in total. The molecule has 1 rings (SSSR count). The van der Waals surface area contributed by atoms with Gasteiger partial charge in [0, 0.05) is 12.6 Å². The fourth-order valence-electron chi connectivity index (χ4n) is 1.04. The molecule has 0 saturated carbocycles. The summed E-state index contributed by atoms with van der Waals surface area (Å²) in [6, 6.07) is 3.48. The summed E-state index contributed by atoms with van der Waals surface area (Å²) in [6.45, 7) is 6.24. The van der Waals surface area contributed by atoms with Gasteiger partial charge in [0.15, 0.2) is 0 Å². The number of rotatable bonds is 4. The first-order valence-electron chi connectivity index (χ1n) is 4.43. The van der Waals surface area contributed by atoms with Crippen LogP contribution in [0.25, 0.3) is 0 Å². The molecule has 0 bridgehead atoms. The summed E-state index contributed by atoms with van der Waals surface area (Å²) in [6.07, 6.45) is 0.775. The van der Waals surface area contributed by atoms with Crippen LogP contribution in [0.2, 0.25) is 0 Å². The van der Waals surface area contributed by atoms with Gasteiger partial charge in [-0.2, -0.15) is 0 Å². The van der Waals surface area contributed by atoms with Gasteiger partial charge in [-0.15, -0.1) is 6.58 Å². The number of anilines is 1. The zero-order chi connectivity index (χ0) is 10.6. The lowest BCUT2D eigenvalue weighted by atomic mass is 10.2. The van der Waals surface area contributed by atoms with Crippen molar-refractivity contribution >= 4 is 5.69 Å². The molecule has 0 aliphatic carbocycles. The van der Waals surface area contributed by atoms with Crippen molar-refractivity contribution in [3.05, 3.63) is 42.0 Å². The third-order valence-corrected chi connectivity index (χ3v) is 1.80. The van der Waals surface area contributed by atoms with E-state index in [1.165, 1.54) is 12.1 Å².